The molecule has 0 aliphatic rings. The van der Waals surface area contributed by atoms with Gasteiger partial charge in [0.15, 0.2) is 12.4 Å². The largest absolute Gasteiger partial charge is 0.497 e. The van der Waals surface area contributed by atoms with Crippen molar-refractivity contribution in [3.05, 3.63) is 59.7 Å². The van der Waals surface area contributed by atoms with Crippen LogP contribution in [0.4, 0.5) is 0 Å². The van der Waals surface area contributed by atoms with Crippen molar-refractivity contribution in [2.45, 2.75) is 0 Å². The predicted molar refractivity (Wildman–Crippen MR) is 74.0 cm³/mol. The van der Waals surface area contributed by atoms with Gasteiger partial charge in [0, 0.05) is 5.56 Å². The summed E-state index contributed by atoms with van der Waals surface area (Å²) in [6.07, 6.45) is 0. The van der Waals surface area contributed by atoms with E-state index in [9.17, 15) is 4.79 Å². The molecule has 0 unspecified atom stereocenters. The first-order valence-corrected chi connectivity index (χ1v) is 6.03. The van der Waals surface area contributed by atoms with Gasteiger partial charge in [0.25, 0.3) is 0 Å². The van der Waals surface area contributed by atoms with E-state index < -0.39 is 0 Å². The van der Waals surface area contributed by atoms with Crippen LogP contribution < -0.4 is 9.47 Å². The minimum Gasteiger partial charge on any atom is -0.497 e. The van der Waals surface area contributed by atoms with Gasteiger partial charge in [-0.3, -0.25) is 4.79 Å². The molecule has 0 atom stereocenters. The van der Waals surface area contributed by atoms with Gasteiger partial charge in [0.1, 0.15) is 11.5 Å². The molecule has 2 aromatic rings. The first-order chi connectivity index (χ1) is 9.72. The van der Waals surface area contributed by atoms with E-state index in [2.05, 4.69) is 0 Å². The van der Waals surface area contributed by atoms with E-state index in [0.717, 1.165) is 0 Å². The molecule has 0 amide bonds. The Kier molecular flexibility index (Phi) is 4.35. The molecule has 4 nitrogen and oxygen atoms in total. The number of carbonyl (C=O) groups is 1. The molecule has 0 aliphatic carbocycles. The number of nitriles is 1. The summed E-state index contributed by atoms with van der Waals surface area (Å²) in [6.45, 7) is -0.0565. The Bertz CT molecular complexity index is 642. The Hall–Kier alpha value is -2.80. The summed E-state index contributed by atoms with van der Waals surface area (Å²) in [4.78, 5) is 12.0. The van der Waals surface area contributed by atoms with Gasteiger partial charge in [0.05, 0.1) is 18.7 Å². The first kappa shape index (κ1) is 13.6. The van der Waals surface area contributed by atoms with E-state index in [1.165, 1.54) is 0 Å². The van der Waals surface area contributed by atoms with Crippen LogP contribution in [0.15, 0.2) is 48.5 Å². The lowest BCUT2D eigenvalue weighted by Crippen LogP contribution is -2.11. The number of ketones is 1. The van der Waals surface area contributed by atoms with Crippen molar-refractivity contribution in [2.24, 2.45) is 0 Å². The third kappa shape index (κ3) is 3.36. The molecule has 0 aliphatic heterocycles. The number of benzene rings is 2. The van der Waals surface area contributed by atoms with Gasteiger partial charge in [-0.2, -0.15) is 5.26 Å². The SMILES string of the molecule is COc1cccc(C(=O)COc2ccc(C#N)cc2)c1. The third-order valence-corrected chi connectivity index (χ3v) is 2.75. The molecule has 0 bridgehead atoms. The first-order valence-electron chi connectivity index (χ1n) is 6.03. The molecular formula is C16H13NO3. The standard InChI is InChI=1S/C16H13NO3/c1-19-15-4-2-3-13(9-15)16(18)11-20-14-7-5-12(10-17)6-8-14/h2-9H,11H2,1H3. The Balaban J connectivity index is 1.99. The van der Waals surface area contributed by atoms with Gasteiger partial charge >= 0.3 is 0 Å². The summed E-state index contributed by atoms with van der Waals surface area (Å²) in [7, 11) is 1.55. The van der Waals surface area contributed by atoms with Crippen LogP contribution >= 0.6 is 0 Å². The summed E-state index contributed by atoms with van der Waals surface area (Å²) in [5, 5.41) is 8.69. The number of carbonyl (C=O) groups excluding carboxylic acids is 1. The zero-order chi connectivity index (χ0) is 14.4. The van der Waals surface area contributed by atoms with Crippen LogP contribution in [-0.4, -0.2) is 19.5 Å². The second-order valence-corrected chi connectivity index (χ2v) is 4.08. The quantitative estimate of drug-likeness (QED) is 0.781. The van der Waals surface area contributed by atoms with E-state index in [-0.39, 0.29) is 12.4 Å². The molecule has 0 saturated carbocycles. The fourth-order valence-electron chi connectivity index (χ4n) is 1.65. The minimum atomic E-state index is -0.131. The van der Waals surface area contributed by atoms with Crippen molar-refractivity contribution >= 4 is 5.78 Å². The van der Waals surface area contributed by atoms with Crippen molar-refractivity contribution < 1.29 is 14.3 Å². The Morgan fingerprint density at radius 3 is 2.55 bits per heavy atom. The van der Waals surface area contributed by atoms with Crippen LogP contribution in [-0.2, 0) is 0 Å². The number of hydrogen-bond acceptors (Lipinski definition) is 4. The van der Waals surface area contributed by atoms with Gasteiger partial charge in [-0.05, 0) is 36.4 Å². The zero-order valence-electron chi connectivity index (χ0n) is 11.0. The normalized spacial score (nSPS) is 9.60. The van der Waals surface area contributed by atoms with Crippen LogP contribution in [0.2, 0.25) is 0 Å². The molecule has 2 aromatic carbocycles. The topological polar surface area (TPSA) is 59.3 Å². The maximum Gasteiger partial charge on any atom is 0.200 e. The number of methoxy groups -OCH3 is 1. The van der Waals surface area contributed by atoms with Gasteiger partial charge in [-0.25, -0.2) is 0 Å². The van der Waals surface area contributed by atoms with Gasteiger partial charge in [-0.15, -0.1) is 0 Å². The highest BCUT2D eigenvalue weighted by Crippen LogP contribution is 2.15. The van der Waals surface area contributed by atoms with Gasteiger partial charge < -0.3 is 9.47 Å². The molecule has 0 aromatic heterocycles. The third-order valence-electron chi connectivity index (χ3n) is 2.75. The van der Waals surface area contributed by atoms with Gasteiger partial charge in [0.2, 0.25) is 0 Å². The summed E-state index contributed by atoms with van der Waals surface area (Å²) >= 11 is 0. The van der Waals surface area contributed by atoms with Gasteiger partial charge in [-0.1, -0.05) is 12.1 Å². The van der Waals surface area contributed by atoms with E-state index in [4.69, 9.17) is 14.7 Å². The van der Waals surface area contributed by atoms with Crippen LogP contribution in [0.5, 0.6) is 11.5 Å². The summed E-state index contributed by atoms with van der Waals surface area (Å²) in [5.74, 6) is 1.06. The monoisotopic (exact) mass is 267 g/mol. The number of nitrogens with zero attached hydrogens (tertiary/aromatic N) is 1. The number of hydrogen-bond donors (Lipinski definition) is 0. The average molecular weight is 267 g/mol. The minimum absolute atomic E-state index is 0.0565. The highest BCUT2D eigenvalue weighted by Gasteiger charge is 2.08. The Labute approximate surface area is 117 Å². The fourth-order valence-corrected chi connectivity index (χ4v) is 1.65. The molecule has 0 N–H and O–H groups in total. The zero-order valence-corrected chi connectivity index (χ0v) is 11.0. The number of Topliss-reactive ketones (excluding diaryl/α,β-unsaturated/α-hetero) is 1. The van der Waals surface area contributed by atoms with Crippen LogP contribution in [0.25, 0.3) is 0 Å². The Morgan fingerprint density at radius 1 is 1.15 bits per heavy atom. The van der Waals surface area contributed by atoms with Crippen molar-refractivity contribution in [2.75, 3.05) is 13.7 Å². The molecule has 0 spiro atoms. The van der Waals surface area contributed by atoms with Crippen LogP contribution in [0.1, 0.15) is 15.9 Å². The lowest BCUT2D eigenvalue weighted by Gasteiger charge is -2.06. The second-order valence-electron chi connectivity index (χ2n) is 4.08. The smallest absolute Gasteiger partial charge is 0.200 e. The van der Waals surface area contributed by atoms with Crippen LogP contribution in [0.3, 0.4) is 0 Å². The Morgan fingerprint density at radius 2 is 1.90 bits per heavy atom. The fraction of sp³-hybridized carbons (Fsp3) is 0.125. The van der Waals surface area contributed by atoms with E-state index in [1.807, 2.05) is 6.07 Å². The van der Waals surface area contributed by atoms with Crippen molar-refractivity contribution in [3.63, 3.8) is 0 Å². The molecular weight excluding hydrogens is 254 g/mol. The number of rotatable bonds is 5. The summed E-state index contributed by atoms with van der Waals surface area (Å²) < 4.78 is 10.5. The molecule has 2 rings (SSSR count). The van der Waals surface area contributed by atoms with E-state index >= 15 is 0 Å². The average Bonchev–Trinajstić information content (AvgIpc) is 2.53. The van der Waals surface area contributed by atoms with Crippen molar-refractivity contribution in [3.8, 4) is 17.6 Å². The number of ether oxygens (including phenoxy) is 2. The molecule has 20 heavy (non-hydrogen) atoms. The summed E-state index contributed by atoms with van der Waals surface area (Å²) in [6, 6.07) is 15.6. The van der Waals surface area contributed by atoms with Crippen LogP contribution in [0, 0.1) is 11.3 Å². The molecule has 0 fully saturated rings. The molecule has 0 heterocycles. The molecule has 100 valence electrons. The van der Waals surface area contributed by atoms with Crippen molar-refractivity contribution in [1.82, 2.24) is 0 Å². The molecule has 0 saturated heterocycles. The lowest BCUT2D eigenvalue weighted by molar-refractivity contribution is 0.0921. The van der Waals surface area contributed by atoms with E-state index in [1.54, 1.807) is 55.6 Å². The molecule has 0 radical (unpaired) electrons. The summed E-state index contributed by atoms with van der Waals surface area (Å²) in [5.41, 5.74) is 1.09. The van der Waals surface area contributed by atoms with E-state index in [0.29, 0.717) is 22.6 Å². The lowest BCUT2D eigenvalue weighted by atomic mass is 10.1. The van der Waals surface area contributed by atoms with Crippen molar-refractivity contribution in [1.29, 1.82) is 5.26 Å². The highest BCUT2D eigenvalue weighted by atomic mass is 16.5. The maximum atomic E-state index is 12.0. The molecule has 4 heteroatoms. The highest BCUT2D eigenvalue weighted by molar-refractivity contribution is 5.97. The maximum absolute atomic E-state index is 12.0. The second kappa shape index (κ2) is 6.39. The predicted octanol–water partition coefficient (Wildman–Crippen LogP) is 2.83.